The molecule has 106 valence electrons. The van der Waals surface area contributed by atoms with Crippen LogP contribution in [-0.4, -0.2) is 26.2 Å². The molecule has 1 atom stereocenters. The molecule has 0 spiro atoms. The highest BCUT2D eigenvalue weighted by Gasteiger charge is 2.23. The molecule has 2 rings (SSSR count). The summed E-state index contributed by atoms with van der Waals surface area (Å²) in [5, 5.41) is 3.55. The third kappa shape index (κ3) is 3.96. The van der Waals surface area contributed by atoms with Crippen molar-refractivity contribution in [2.75, 3.05) is 31.1 Å². The van der Waals surface area contributed by atoms with E-state index in [0.29, 0.717) is 0 Å². The Hall–Kier alpha value is -0.540. The van der Waals surface area contributed by atoms with E-state index in [4.69, 9.17) is 0 Å². The molecule has 1 heterocycles. The second-order valence-electron chi connectivity index (χ2n) is 5.43. The molecular formula is C16H25BrN2. The van der Waals surface area contributed by atoms with Gasteiger partial charge in [0.2, 0.25) is 0 Å². The lowest BCUT2D eigenvalue weighted by Crippen LogP contribution is -2.27. The van der Waals surface area contributed by atoms with Gasteiger partial charge in [-0.3, -0.25) is 0 Å². The first-order chi connectivity index (χ1) is 9.24. The summed E-state index contributed by atoms with van der Waals surface area (Å²) in [6.45, 7) is 9.18. The Morgan fingerprint density at radius 3 is 2.95 bits per heavy atom. The topological polar surface area (TPSA) is 15.3 Å². The number of anilines is 1. The zero-order valence-corrected chi connectivity index (χ0v) is 13.7. The molecule has 19 heavy (non-hydrogen) atoms. The summed E-state index contributed by atoms with van der Waals surface area (Å²) in [7, 11) is 0. The van der Waals surface area contributed by atoms with Crippen LogP contribution in [0.1, 0.15) is 32.3 Å². The quantitative estimate of drug-likeness (QED) is 0.800. The van der Waals surface area contributed by atoms with Crippen LogP contribution in [0.3, 0.4) is 0 Å². The van der Waals surface area contributed by atoms with E-state index in [1.54, 1.807) is 0 Å². The summed E-state index contributed by atoms with van der Waals surface area (Å²) in [5.41, 5.74) is 2.89. The minimum atomic E-state index is 0.805. The molecule has 1 N–H and O–H groups in total. The van der Waals surface area contributed by atoms with Crippen LogP contribution in [0.2, 0.25) is 0 Å². The van der Waals surface area contributed by atoms with Gasteiger partial charge in [-0.2, -0.15) is 0 Å². The van der Waals surface area contributed by atoms with Crippen molar-refractivity contribution in [3.05, 3.63) is 28.2 Å². The Morgan fingerprint density at radius 1 is 1.37 bits per heavy atom. The molecule has 2 nitrogen and oxygen atoms in total. The Morgan fingerprint density at radius 2 is 2.21 bits per heavy atom. The molecule has 0 saturated carbocycles. The summed E-state index contributed by atoms with van der Waals surface area (Å²) in [4.78, 5) is 2.56. The van der Waals surface area contributed by atoms with Gasteiger partial charge in [0.05, 0.1) is 0 Å². The molecule has 0 amide bonds. The second kappa shape index (κ2) is 7.30. The number of hydrogen-bond donors (Lipinski definition) is 1. The molecule has 0 aliphatic carbocycles. The predicted octanol–water partition coefficient (Wildman–Crippen LogP) is 3.84. The Kier molecular flexibility index (Phi) is 5.71. The second-order valence-corrected chi connectivity index (χ2v) is 6.35. The largest absolute Gasteiger partial charge is 0.371 e. The van der Waals surface area contributed by atoms with E-state index in [9.17, 15) is 0 Å². The molecule has 1 saturated heterocycles. The monoisotopic (exact) mass is 324 g/mol. The standard InChI is InChI=1S/C16H25BrN2/c1-3-8-18-11-13-7-9-19(12-13)16-6-5-15(17)10-14(16)4-2/h5-6,10,13,18H,3-4,7-9,11-12H2,1-2H3. The zero-order valence-electron chi connectivity index (χ0n) is 12.1. The number of benzene rings is 1. The van der Waals surface area contributed by atoms with Gasteiger partial charge in [-0.15, -0.1) is 0 Å². The SMILES string of the molecule is CCCNCC1CCN(c2ccc(Br)cc2CC)C1. The number of nitrogens with one attached hydrogen (secondary N) is 1. The number of halogens is 1. The first-order valence-electron chi connectivity index (χ1n) is 7.48. The fraction of sp³-hybridized carbons (Fsp3) is 0.625. The van der Waals surface area contributed by atoms with Crippen LogP contribution in [0.25, 0.3) is 0 Å². The smallest absolute Gasteiger partial charge is 0.0399 e. The number of nitrogens with zero attached hydrogens (tertiary/aromatic N) is 1. The number of aryl methyl sites for hydroxylation is 1. The van der Waals surface area contributed by atoms with Gasteiger partial charge in [-0.1, -0.05) is 29.8 Å². The molecular weight excluding hydrogens is 300 g/mol. The minimum absolute atomic E-state index is 0.805. The molecule has 0 bridgehead atoms. The average Bonchev–Trinajstić information content (AvgIpc) is 2.87. The Balaban J connectivity index is 1.96. The van der Waals surface area contributed by atoms with Crippen molar-refractivity contribution in [3.8, 4) is 0 Å². The fourth-order valence-electron chi connectivity index (χ4n) is 2.85. The lowest BCUT2D eigenvalue weighted by Gasteiger charge is -2.22. The highest BCUT2D eigenvalue weighted by atomic mass is 79.9. The third-order valence-corrected chi connectivity index (χ3v) is 4.40. The molecule has 1 aliphatic heterocycles. The van der Waals surface area contributed by atoms with Gasteiger partial charge < -0.3 is 10.2 Å². The van der Waals surface area contributed by atoms with E-state index in [0.717, 1.165) is 18.9 Å². The molecule has 1 aromatic carbocycles. The normalized spacial score (nSPS) is 19.1. The van der Waals surface area contributed by atoms with Crippen LogP contribution >= 0.6 is 15.9 Å². The summed E-state index contributed by atoms with van der Waals surface area (Å²) in [5.74, 6) is 0.805. The summed E-state index contributed by atoms with van der Waals surface area (Å²) < 4.78 is 1.19. The van der Waals surface area contributed by atoms with Gasteiger partial charge in [0.15, 0.2) is 0 Å². The number of rotatable bonds is 6. The first-order valence-corrected chi connectivity index (χ1v) is 8.28. The van der Waals surface area contributed by atoms with Gasteiger partial charge in [-0.05, 0) is 62.0 Å². The maximum atomic E-state index is 3.57. The van der Waals surface area contributed by atoms with Gasteiger partial charge in [0, 0.05) is 23.2 Å². The van der Waals surface area contributed by atoms with Crippen molar-refractivity contribution in [2.24, 2.45) is 5.92 Å². The Labute approximate surface area is 125 Å². The van der Waals surface area contributed by atoms with Crippen molar-refractivity contribution in [1.82, 2.24) is 5.32 Å². The van der Waals surface area contributed by atoms with Crippen molar-refractivity contribution < 1.29 is 0 Å². The van der Waals surface area contributed by atoms with E-state index in [-0.39, 0.29) is 0 Å². The fourth-order valence-corrected chi connectivity index (χ4v) is 3.26. The van der Waals surface area contributed by atoms with E-state index in [1.165, 1.54) is 48.2 Å². The highest BCUT2D eigenvalue weighted by Crippen LogP contribution is 2.29. The van der Waals surface area contributed by atoms with Crippen LogP contribution in [0.15, 0.2) is 22.7 Å². The van der Waals surface area contributed by atoms with Crippen LogP contribution < -0.4 is 10.2 Å². The van der Waals surface area contributed by atoms with Crippen LogP contribution in [-0.2, 0) is 6.42 Å². The average molecular weight is 325 g/mol. The van der Waals surface area contributed by atoms with Gasteiger partial charge in [0.1, 0.15) is 0 Å². The van der Waals surface area contributed by atoms with Gasteiger partial charge >= 0.3 is 0 Å². The van der Waals surface area contributed by atoms with Gasteiger partial charge in [-0.25, -0.2) is 0 Å². The van der Waals surface area contributed by atoms with Crippen LogP contribution in [0.4, 0.5) is 5.69 Å². The van der Waals surface area contributed by atoms with Crippen LogP contribution in [0.5, 0.6) is 0 Å². The predicted molar refractivity (Wildman–Crippen MR) is 87.0 cm³/mol. The van der Waals surface area contributed by atoms with Crippen molar-refractivity contribution in [2.45, 2.75) is 33.1 Å². The lowest BCUT2D eigenvalue weighted by atomic mass is 10.1. The van der Waals surface area contributed by atoms with E-state index < -0.39 is 0 Å². The van der Waals surface area contributed by atoms with Crippen LogP contribution in [0, 0.1) is 5.92 Å². The maximum Gasteiger partial charge on any atom is 0.0399 e. The minimum Gasteiger partial charge on any atom is -0.371 e. The lowest BCUT2D eigenvalue weighted by molar-refractivity contribution is 0.516. The molecule has 1 aromatic rings. The molecule has 3 heteroatoms. The van der Waals surface area contributed by atoms with Crippen molar-refractivity contribution in [3.63, 3.8) is 0 Å². The molecule has 1 aliphatic rings. The molecule has 0 aromatic heterocycles. The Bertz CT molecular complexity index is 406. The van der Waals surface area contributed by atoms with Gasteiger partial charge in [0.25, 0.3) is 0 Å². The summed E-state index contributed by atoms with van der Waals surface area (Å²) in [6.07, 6.45) is 3.64. The highest BCUT2D eigenvalue weighted by molar-refractivity contribution is 9.10. The molecule has 1 fully saturated rings. The first kappa shape index (κ1) is 14.9. The third-order valence-electron chi connectivity index (χ3n) is 3.91. The molecule has 0 radical (unpaired) electrons. The summed E-state index contributed by atoms with van der Waals surface area (Å²) >= 11 is 3.57. The number of hydrogen-bond acceptors (Lipinski definition) is 2. The van der Waals surface area contributed by atoms with Crippen molar-refractivity contribution in [1.29, 1.82) is 0 Å². The van der Waals surface area contributed by atoms with E-state index >= 15 is 0 Å². The van der Waals surface area contributed by atoms with Crippen molar-refractivity contribution >= 4 is 21.6 Å². The van der Waals surface area contributed by atoms with E-state index in [1.807, 2.05) is 0 Å². The maximum absolute atomic E-state index is 3.57. The summed E-state index contributed by atoms with van der Waals surface area (Å²) in [6, 6.07) is 6.69. The van der Waals surface area contributed by atoms with E-state index in [2.05, 4.69) is 58.2 Å². The zero-order chi connectivity index (χ0) is 13.7. The molecule has 1 unspecified atom stereocenters.